The molecule has 0 atom stereocenters. The Morgan fingerprint density at radius 1 is 0.524 bits per heavy atom. The number of benzene rings is 2. The van der Waals surface area contributed by atoms with Crippen molar-refractivity contribution in [3.8, 4) is 0 Å². The number of halogens is 8. The van der Waals surface area contributed by atoms with Crippen molar-refractivity contribution in [2.75, 3.05) is 0 Å². The highest BCUT2D eigenvalue weighted by molar-refractivity contribution is 9.11. The SMILES string of the molecule is Clc1c(Cl)c(Br)c2c(oc3c(Br)c(Cl)c(Cl)c(Cl)c32)c1Cl. The van der Waals surface area contributed by atoms with Crippen LogP contribution in [0.3, 0.4) is 0 Å². The molecule has 0 aliphatic carbocycles. The average Bonchev–Trinajstić information content (AvgIpc) is 2.87. The summed E-state index contributed by atoms with van der Waals surface area (Å²) in [5, 5.41) is 2.44. The zero-order valence-electron chi connectivity index (χ0n) is 9.43. The quantitative estimate of drug-likeness (QED) is 0.208. The van der Waals surface area contributed by atoms with E-state index >= 15 is 0 Å². The number of hydrogen-bond acceptors (Lipinski definition) is 1. The Morgan fingerprint density at radius 2 is 1.05 bits per heavy atom. The Morgan fingerprint density at radius 3 is 1.67 bits per heavy atom. The molecule has 0 aliphatic heterocycles. The van der Waals surface area contributed by atoms with Gasteiger partial charge in [-0.3, -0.25) is 0 Å². The summed E-state index contributed by atoms with van der Waals surface area (Å²) in [5.74, 6) is 0. The van der Waals surface area contributed by atoms with Gasteiger partial charge in [0.2, 0.25) is 0 Å². The molecule has 0 amide bonds. The third-order valence-electron chi connectivity index (χ3n) is 2.90. The molecule has 110 valence electrons. The Kier molecular flexibility index (Phi) is 4.62. The summed E-state index contributed by atoms with van der Waals surface area (Å²) in [6.45, 7) is 0. The molecule has 0 bridgehead atoms. The van der Waals surface area contributed by atoms with Gasteiger partial charge in [0.1, 0.15) is 5.02 Å². The van der Waals surface area contributed by atoms with Crippen LogP contribution in [0.25, 0.3) is 21.9 Å². The monoisotopic (exact) mass is 528 g/mol. The van der Waals surface area contributed by atoms with Crippen LogP contribution in [0.15, 0.2) is 13.4 Å². The summed E-state index contributed by atoms with van der Waals surface area (Å²) in [6.07, 6.45) is 0. The van der Waals surface area contributed by atoms with Gasteiger partial charge in [0.15, 0.2) is 11.2 Å². The van der Waals surface area contributed by atoms with E-state index in [0.717, 1.165) is 0 Å². The Bertz CT molecular complexity index is 859. The summed E-state index contributed by atoms with van der Waals surface area (Å²) >= 11 is 43.7. The molecule has 0 N–H and O–H groups in total. The fourth-order valence-corrected chi connectivity index (χ4v) is 4.58. The highest BCUT2D eigenvalue weighted by atomic mass is 79.9. The molecule has 21 heavy (non-hydrogen) atoms. The predicted octanol–water partition coefficient (Wildman–Crippen LogP) is 9.03. The molecule has 3 rings (SSSR count). The van der Waals surface area contributed by atoms with Crippen molar-refractivity contribution in [1.29, 1.82) is 0 Å². The van der Waals surface area contributed by atoms with Crippen LogP contribution in [0.4, 0.5) is 0 Å². The maximum Gasteiger partial charge on any atom is 0.156 e. The lowest BCUT2D eigenvalue weighted by Crippen LogP contribution is -1.80. The van der Waals surface area contributed by atoms with Crippen LogP contribution in [-0.4, -0.2) is 0 Å². The highest BCUT2D eigenvalue weighted by Crippen LogP contribution is 2.52. The summed E-state index contributed by atoms with van der Waals surface area (Å²) in [6, 6.07) is 0. The minimum atomic E-state index is 0.182. The number of rotatable bonds is 0. The van der Waals surface area contributed by atoms with Crippen molar-refractivity contribution in [3.63, 3.8) is 0 Å². The second-order valence-corrected chi connectivity index (χ2v) is 7.88. The van der Waals surface area contributed by atoms with E-state index < -0.39 is 0 Å². The number of furan rings is 1. The maximum atomic E-state index is 6.30. The van der Waals surface area contributed by atoms with Crippen LogP contribution in [0.1, 0.15) is 0 Å². The van der Waals surface area contributed by atoms with Gasteiger partial charge in [-0.2, -0.15) is 0 Å². The molecular weight excluding hydrogens is 533 g/mol. The van der Waals surface area contributed by atoms with Crippen LogP contribution in [-0.2, 0) is 0 Å². The fraction of sp³-hybridized carbons (Fsp3) is 0. The van der Waals surface area contributed by atoms with E-state index in [0.29, 0.717) is 30.9 Å². The van der Waals surface area contributed by atoms with E-state index in [-0.39, 0.29) is 30.1 Å². The molecule has 1 aromatic heterocycles. The Balaban J connectivity index is 2.73. The summed E-state index contributed by atoms with van der Waals surface area (Å²) in [4.78, 5) is 0. The van der Waals surface area contributed by atoms with Gasteiger partial charge in [-0.1, -0.05) is 69.6 Å². The van der Waals surface area contributed by atoms with Crippen molar-refractivity contribution in [1.82, 2.24) is 0 Å². The van der Waals surface area contributed by atoms with E-state index in [4.69, 9.17) is 74.0 Å². The molecule has 3 aromatic rings. The normalized spacial score (nSPS) is 11.8. The summed E-state index contributed by atoms with van der Waals surface area (Å²) in [7, 11) is 0. The van der Waals surface area contributed by atoms with Crippen LogP contribution in [0.2, 0.25) is 30.1 Å². The lowest BCUT2D eigenvalue weighted by Gasteiger charge is -2.05. The second kappa shape index (κ2) is 5.78. The number of fused-ring (bicyclic) bond motifs is 3. The minimum Gasteiger partial charge on any atom is -0.453 e. The van der Waals surface area contributed by atoms with Crippen molar-refractivity contribution < 1.29 is 4.42 Å². The average molecular weight is 533 g/mol. The van der Waals surface area contributed by atoms with Crippen molar-refractivity contribution in [2.24, 2.45) is 0 Å². The van der Waals surface area contributed by atoms with Gasteiger partial charge in [0.25, 0.3) is 0 Å². The minimum absolute atomic E-state index is 0.182. The van der Waals surface area contributed by atoms with Gasteiger partial charge in [0, 0.05) is 9.86 Å². The standard InChI is InChI=1S/C12Br2Cl6O/c13-3-1-2-5(15)8(18)7(17)4(14)11(2)21-12(1)10(20)9(19)6(3)16. The first-order valence-corrected chi connectivity index (χ1v) is 9.02. The first kappa shape index (κ1) is 16.8. The molecule has 0 radical (unpaired) electrons. The maximum absolute atomic E-state index is 6.30. The largest absolute Gasteiger partial charge is 0.453 e. The molecule has 0 unspecified atom stereocenters. The van der Waals surface area contributed by atoms with Gasteiger partial charge >= 0.3 is 0 Å². The van der Waals surface area contributed by atoms with Crippen LogP contribution in [0.5, 0.6) is 0 Å². The highest BCUT2D eigenvalue weighted by Gasteiger charge is 2.26. The van der Waals surface area contributed by atoms with Gasteiger partial charge in [-0.15, -0.1) is 0 Å². The van der Waals surface area contributed by atoms with Crippen LogP contribution in [0, 0.1) is 0 Å². The van der Waals surface area contributed by atoms with Gasteiger partial charge in [-0.05, 0) is 31.9 Å². The van der Waals surface area contributed by atoms with E-state index in [2.05, 4.69) is 31.9 Å². The van der Waals surface area contributed by atoms with Crippen molar-refractivity contribution in [3.05, 3.63) is 39.1 Å². The molecule has 0 spiro atoms. The fourth-order valence-electron chi connectivity index (χ4n) is 1.96. The third kappa shape index (κ3) is 2.32. The third-order valence-corrected chi connectivity index (χ3v) is 7.55. The van der Waals surface area contributed by atoms with Gasteiger partial charge < -0.3 is 4.42 Å². The molecular formula is C12Br2Cl6O. The molecule has 0 saturated carbocycles. The predicted molar refractivity (Wildman–Crippen MR) is 99.2 cm³/mol. The lowest BCUT2D eigenvalue weighted by atomic mass is 10.1. The van der Waals surface area contributed by atoms with E-state index in [1.165, 1.54) is 0 Å². The molecule has 0 aliphatic rings. The van der Waals surface area contributed by atoms with Crippen molar-refractivity contribution >= 4 is 123 Å². The first-order valence-electron chi connectivity index (χ1n) is 5.17. The Labute approximate surface area is 165 Å². The lowest BCUT2D eigenvalue weighted by molar-refractivity contribution is 0.667. The first-order chi connectivity index (χ1) is 9.77. The summed E-state index contributed by atoms with van der Waals surface area (Å²) in [5.41, 5.74) is 0.749. The van der Waals surface area contributed by atoms with Gasteiger partial charge in [-0.25, -0.2) is 0 Å². The zero-order chi connectivity index (χ0) is 15.6. The van der Waals surface area contributed by atoms with Crippen molar-refractivity contribution in [2.45, 2.75) is 0 Å². The van der Waals surface area contributed by atoms with E-state index in [1.807, 2.05) is 0 Å². The zero-order valence-corrected chi connectivity index (χ0v) is 17.1. The number of hydrogen-bond donors (Lipinski definition) is 0. The van der Waals surface area contributed by atoms with Gasteiger partial charge in [0.05, 0.1) is 35.0 Å². The molecule has 1 heterocycles. The van der Waals surface area contributed by atoms with E-state index in [9.17, 15) is 0 Å². The molecule has 1 nitrogen and oxygen atoms in total. The smallest absolute Gasteiger partial charge is 0.156 e. The molecule has 0 saturated heterocycles. The summed E-state index contributed by atoms with van der Waals surface area (Å²) < 4.78 is 6.75. The molecule has 2 aromatic carbocycles. The van der Waals surface area contributed by atoms with E-state index in [1.54, 1.807) is 0 Å². The van der Waals surface area contributed by atoms with Crippen LogP contribution >= 0.6 is 101 Å². The second-order valence-electron chi connectivity index (χ2n) is 4.02. The van der Waals surface area contributed by atoms with Crippen LogP contribution < -0.4 is 0 Å². The topological polar surface area (TPSA) is 13.1 Å². The molecule has 0 fully saturated rings. The molecule has 9 heteroatoms. The Hall–Kier alpha value is 0.940.